The molecule has 6 heteroatoms. The Kier molecular flexibility index (Phi) is 5.50. The Balaban J connectivity index is 2.01. The first-order chi connectivity index (χ1) is 10.1. The van der Waals surface area contributed by atoms with E-state index in [9.17, 15) is 9.59 Å². The molecular weight excluding hydrogens is 286 g/mol. The molecule has 21 heavy (non-hydrogen) atoms. The van der Waals surface area contributed by atoms with Crippen LogP contribution in [0.1, 0.15) is 56.3 Å². The Labute approximate surface area is 128 Å². The largest absolute Gasteiger partial charge is 0.317 e. The van der Waals surface area contributed by atoms with Gasteiger partial charge in [0, 0.05) is 11.6 Å². The highest BCUT2D eigenvalue weighted by molar-refractivity contribution is 7.14. The molecule has 114 valence electrons. The fraction of sp³-hybridized carbons (Fsp3) is 0.533. The SMILES string of the molecule is CC(C)=NNC(=O)c1ccsc1NC(=O)C1CCCCC1. The molecular formula is C15H21N3O2S. The Hall–Kier alpha value is -1.69. The van der Waals surface area contributed by atoms with Gasteiger partial charge in [0.05, 0.1) is 5.56 Å². The number of thiophene rings is 1. The number of hydrogen-bond acceptors (Lipinski definition) is 4. The summed E-state index contributed by atoms with van der Waals surface area (Å²) < 4.78 is 0. The van der Waals surface area contributed by atoms with Gasteiger partial charge in [0.25, 0.3) is 5.91 Å². The number of amides is 2. The van der Waals surface area contributed by atoms with Crippen LogP contribution in [-0.4, -0.2) is 17.5 Å². The van der Waals surface area contributed by atoms with Crippen LogP contribution in [0.4, 0.5) is 5.00 Å². The molecule has 0 unspecified atom stereocenters. The van der Waals surface area contributed by atoms with Gasteiger partial charge >= 0.3 is 0 Å². The molecule has 0 aliphatic heterocycles. The van der Waals surface area contributed by atoms with Crippen molar-refractivity contribution in [3.05, 3.63) is 17.0 Å². The fourth-order valence-electron chi connectivity index (χ4n) is 2.39. The molecule has 0 radical (unpaired) electrons. The molecule has 2 amide bonds. The van der Waals surface area contributed by atoms with Crippen molar-refractivity contribution >= 4 is 33.9 Å². The monoisotopic (exact) mass is 307 g/mol. The zero-order valence-corrected chi connectivity index (χ0v) is 13.3. The van der Waals surface area contributed by atoms with Gasteiger partial charge in [0.1, 0.15) is 5.00 Å². The van der Waals surface area contributed by atoms with Crippen LogP contribution < -0.4 is 10.7 Å². The van der Waals surface area contributed by atoms with Crippen LogP contribution in [0.2, 0.25) is 0 Å². The average Bonchev–Trinajstić information content (AvgIpc) is 2.93. The van der Waals surface area contributed by atoms with Crippen LogP contribution in [0, 0.1) is 5.92 Å². The normalized spacial score (nSPS) is 15.3. The minimum Gasteiger partial charge on any atom is -0.317 e. The molecule has 1 fully saturated rings. The van der Waals surface area contributed by atoms with Crippen LogP contribution in [-0.2, 0) is 4.79 Å². The van der Waals surface area contributed by atoms with E-state index < -0.39 is 0 Å². The van der Waals surface area contributed by atoms with E-state index in [1.165, 1.54) is 17.8 Å². The molecule has 1 aliphatic rings. The Morgan fingerprint density at radius 2 is 1.95 bits per heavy atom. The van der Waals surface area contributed by atoms with E-state index in [2.05, 4.69) is 15.8 Å². The molecule has 0 spiro atoms. The third-order valence-corrected chi connectivity index (χ3v) is 4.33. The molecule has 1 aromatic rings. The third-order valence-electron chi connectivity index (χ3n) is 3.50. The van der Waals surface area contributed by atoms with Crippen molar-refractivity contribution in [2.45, 2.75) is 46.0 Å². The maximum absolute atomic E-state index is 12.2. The minimum atomic E-state index is -0.295. The van der Waals surface area contributed by atoms with Gasteiger partial charge in [-0.1, -0.05) is 19.3 Å². The molecule has 0 atom stereocenters. The molecule has 1 heterocycles. The van der Waals surface area contributed by atoms with Crippen molar-refractivity contribution in [2.24, 2.45) is 11.0 Å². The van der Waals surface area contributed by atoms with Crippen molar-refractivity contribution in [3.63, 3.8) is 0 Å². The van der Waals surface area contributed by atoms with E-state index in [4.69, 9.17) is 0 Å². The smallest absolute Gasteiger partial charge is 0.274 e. The van der Waals surface area contributed by atoms with Crippen molar-refractivity contribution in [1.29, 1.82) is 0 Å². The lowest BCUT2D eigenvalue weighted by molar-refractivity contribution is -0.120. The first kappa shape index (κ1) is 15.7. The van der Waals surface area contributed by atoms with Crippen LogP contribution in [0.5, 0.6) is 0 Å². The summed E-state index contributed by atoms with van der Waals surface area (Å²) in [5, 5.41) is 9.20. The first-order valence-corrected chi connectivity index (χ1v) is 8.15. The number of hydrazone groups is 1. The van der Waals surface area contributed by atoms with Crippen LogP contribution in [0.25, 0.3) is 0 Å². The lowest BCUT2D eigenvalue weighted by Gasteiger charge is -2.20. The van der Waals surface area contributed by atoms with Gasteiger partial charge in [0.15, 0.2) is 0 Å². The maximum atomic E-state index is 12.2. The second-order valence-corrected chi connectivity index (χ2v) is 6.40. The number of carbonyl (C=O) groups excluding carboxylic acids is 2. The summed E-state index contributed by atoms with van der Waals surface area (Å²) >= 11 is 1.36. The number of nitrogens with one attached hydrogen (secondary N) is 2. The molecule has 1 aromatic heterocycles. The lowest BCUT2D eigenvalue weighted by atomic mass is 9.89. The fourth-order valence-corrected chi connectivity index (χ4v) is 3.17. The summed E-state index contributed by atoms with van der Waals surface area (Å²) in [6.45, 7) is 3.61. The van der Waals surface area contributed by atoms with Gasteiger partial charge in [-0.25, -0.2) is 5.43 Å². The van der Waals surface area contributed by atoms with Gasteiger partial charge in [-0.2, -0.15) is 5.10 Å². The molecule has 2 rings (SSSR count). The topological polar surface area (TPSA) is 70.6 Å². The van der Waals surface area contributed by atoms with Crippen LogP contribution in [0.15, 0.2) is 16.5 Å². The zero-order valence-electron chi connectivity index (χ0n) is 12.4. The summed E-state index contributed by atoms with van der Waals surface area (Å²) in [6.07, 6.45) is 5.32. The predicted octanol–water partition coefficient (Wildman–Crippen LogP) is 3.39. The number of hydrogen-bond donors (Lipinski definition) is 2. The van der Waals surface area contributed by atoms with Crippen LogP contribution in [0.3, 0.4) is 0 Å². The van der Waals surface area contributed by atoms with Gasteiger partial charge in [0.2, 0.25) is 5.91 Å². The standard InChI is InChI=1S/C15H21N3O2S/c1-10(2)17-18-14(20)12-8-9-21-15(12)16-13(19)11-6-4-3-5-7-11/h8-9,11H,3-7H2,1-2H3,(H,16,19)(H,18,20). The Morgan fingerprint density at radius 1 is 1.24 bits per heavy atom. The second-order valence-electron chi connectivity index (χ2n) is 5.49. The Bertz CT molecular complexity index is 541. The van der Waals surface area contributed by atoms with Gasteiger partial charge < -0.3 is 5.32 Å². The minimum absolute atomic E-state index is 0.0290. The third kappa shape index (κ3) is 4.39. The maximum Gasteiger partial charge on any atom is 0.274 e. The van der Waals surface area contributed by atoms with Gasteiger partial charge in [-0.3, -0.25) is 9.59 Å². The first-order valence-electron chi connectivity index (χ1n) is 7.27. The summed E-state index contributed by atoms with van der Waals surface area (Å²) in [7, 11) is 0. The summed E-state index contributed by atoms with van der Waals surface area (Å²) in [6, 6.07) is 1.71. The van der Waals surface area contributed by atoms with E-state index >= 15 is 0 Å². The summed E-state index contributed by atoms with van der Waals surface area (Å²) in [5.74, 6) is -0.189. The highest BCUT2D eigenvalue weighted by Crippen LogP contribution is 2.28. The van der Waals surface area contributed by atoms with Crippen molar-refractivity contribution < 1.29 is 9.59 Å². The molecule has 1 saturated carbocycles. The highest BCUT2D eigenvalue weighted by atomic mass is 32.1. The molecule has 0 saturated heterocycles. The lowest BCUT2D eigenvalue weighted by Crippen LogP contribution is -2.26. The predicted molar refractivity (Wildman–Crippen MR) is 85.8 cm³/mol. The van der Waals surface area contributed by atoms with E-state index in [-0.39, 0.29) is 17.7 Å². The Morgan fingerprint density at radius 3 is 2.62 bits per heavy atom. The molecule has 1 aliphatic carbocycles. The van der Waals surface area contributed by atoms with Gasteiger partial charge in [-0.15, -0.1) is 11.3 Å². The molecule has 0 bridgehead atoms. The van der Waals surface area contributed by atoms with E-state index in [0.29, 0.717) is 10.6 Å². The van der Waals surface area contributed by atoms with Crippen molar-refractivity contribution in [2.75, 3.05) is 5.32 Å². The summed E-state index contributed by atoms with van der Waals surface area (Å²) in [4.78, 5) is 24.3. The number of carbonyl (C=O) groups is 2. The van der Waals surface area contributed by atoms with Crippen molar-refractivity contribution in [1.82, 2.24) is 5.43 Å². The summed E-state index contributed by atoms with van der Waals surface area (Å²) in [5.41, 5.74) is 3.72. The highest BCUT2D eigenvalue weighted by Gasteiger charge is 2.23. The van der Waals surface area contributed by atoms with Gasteiger partial charge in [-0.05, 0) is 38.1 Å². The molecule has 0 aromatic carbocycles. The molecule has 2 N–H and O–H groups in total. The van der Waals surface area contributed by atoms with E-state index in [0.717, 1.165) is 31.4 Å². The number of rotatable bonds is 4. The van der Waals surface area contributed by atoms with Crippen molar-refractivity contribution in [3.8, 4) is 0 Å². The van der Waals surface area contributed by atoms with Crippen LogP contribution >= 0.6 is 11.3 Å². The van der Waals surface area contributed by atoms with E-state index in [1.54, 1.807) is 25.3 Å². The number of anilines is 1. The van der Waals surface area contributed by atoms with E-state index in [1.807, 2.05) is 0 Å². The average molecular weight is 307 g/mol. The molecule has 5 nitrogen and oxygen atoms in total. The zero-order chi connectivity index (χ0) is 15.2. The number of nitrogens with zero attached hydrogens (tertiary/aromatic N) is 1. The second kappa shape index (κ2) is 7.36. The quantitative estimate of drug-likeness (QED) is 0.661.